The van der Waals surface area contributed by atoms with E-state index in [0.29, 0.717) is 23.6 Å². The van der Waals surface area contributed by atoms with Crippen molar-refractivity contribution in [1.29, 1.82) is 0 Å². The molecule has 0 saturated carbocycles. The minimum Gasteiger partial charge on any atom is -0.466 e. The van der Waals surface area contributed by atoms with Crippen LogP contribution in [0.15, 0.2) is 24.3 Å². The number of ether oxygens (including phenoxy) is 2. The van der Waals surface area contributed by atoms with Crippen molar-refractivity contribution in [2.75, 3.05) is 18.5 Å². The third-order valence-corrected chi connectivity index (χ3v) is 6.65. The topological polar surface area (TPSA) is 105 Å². The molecule has 3 aliphatic heterocycles. The van der Waals surface area contributed by atoms with Crippen molar-refractivity contribution in [3.63, 3.8) is 0 Å². The normalized spacial score (nSPS) is 32.8. The lowest BCUT2D eigenvalue weighted by Crippen LogP contribution is -2.55. The molecule has 4 rings (SSSR count). The number of amides is 2. The van der Waals surface area contributed by atoms with Gasteiger partial charge >= 0.3 is 5.97 Å². The van der Waals surface area contributed by atoms with Crippen molar-refractivity contribution in [2.45, 2.75) is 50.5 Å². The number of aliphatic hydroxyl groups is 1. The van der Waals surface area contributed by atoms with Crippen LogP contribution in [-0.2, 0) is 23.9 Å². The number of fused-ring (bicyclic) bond motifs is 1. The molecule has 2 bridgehead atoms. The van der Waals surface area contributed by atoms with E-state index >= 15 is 0 Å². The summed E-state index contributed by atoms with van der Waals surface area (Å²) < 4.78 is 11.4. The van der Waals surface area contributed by atoms with E-state index in [2.05, 4.69) is 5.32 Å². The first-order valence-corrected chi connectivity index (χ1v) is 10.6. The van der Waals surface area contributed by atoms with Crippen LogP contribution >= 0.6 is 11.6 Å². The highest BCUT2D eigenvalue weighted by atomic mass is 35.5. The molecule has 3 aliphatic rings. The molecule has 2 N–H and O–H groups in total. The van der Waals surface area contributed by atoms with Crippen LogP contribution in [-0.4, -0.2) is 64.8 Å². The highest BCUT2D eigenvalue weighted by Crippen LogP contribution is 2.59. The Hall–Kier alpha value is -2.16. The first kappa shape index (κ1) is 21.1. The molecule has 1 aromatic rings. The molecule has 9 heteroatoms. The first-order valence-electron chi connectivity index (χ1n) is 10.2. The molecule has 162 valence electrons. The van der Waals surface area contributed by atoms with E-state index < -0.39 is 47.5 Å². The quantitative estimate of drug-likeness (QED) is 0.656. The van der Waals surface area contributed by atoms with Crippen molar-refractivity contribution >= 4 is 35.1 Å². The SMILES string of the molecule is CCOC(=O)[C@@H]1[C@@H]2CCC3(O2)C(C(=O)Nc2ccc(Cl)cc2)N([C@H](C)CO)C(=O)[C@H]13. The fourth-order valence-electron chi connectivity index (χ4n) is 5.20. The van der Waals surface area contributed by atoms with E-state index in [1.807, 2.05) is 0 Å². The number of nitrogens with zero attached hydrogens (tertiary/aromatic N) is 1. The maximum absolute atomic E-state index is 13.4. The maximum Gasteiger partial charge on any atom is 0.312 e. The number of rotatable bonds is 6. The van der Waals surface area contributed by atoms with Gasteiger partial charge in [-0.3, -0.25) is 14.4 Å². The van der Waals surface area contributed by atoms with Gasteiger partial charge in [-0.25, -0.2) is 0 Å². The fraction of sp³-hybridized carbons (Fsp3) is 0.571. The molecule has 8 nitrogen and oxygen atoms in total. The number of hydrogen-bond acceptors (Lipinski definition) is 6. The number of carbonyl (C=O) groups excluding carboxylic acids is 3. The number of esters is 1. The molecule has 3 fully saturated rings. The molecule has 3 saturated heterocycles. The zero-order valence-electron chi connectivity index (χ0n) is 16.8. The third-order valence-electron chi connectivity index (χ3n) is 6.40. The number of halogens is 1. The highest BCUT2D eigenvalue weighted by Gasteiger charge is 2.75. The summed E-state index contributed by atoms with van der Waals surface area (Å²) in [7, 11) is 0. The number of benzene rings is 1. The molecular formula is C21H25ClN2O6. The molecule has 2 amide bonds. The lowest BCUT2D eigenvalue weighted by atomic mass is 9.71. The van der Waals surface area contributed by atoms with Crippen LogP contribution in [0, 0.1) is 11.8 Å². The molecule has 0 aliphatic carbocycles. The smallest absolute Gasteiger partial charge is 0.312 e. The highest BCUT2D eigenvalue weighted by molar-refractivity contribution is 6.30. The van der Waals surface area contributed by atoms with Crippen LogP contribution in [0.25, 0.3) is 0 Å². The third kappa shape index (κ3) is 3.09. The molecule has 1 spiro atoms. The Labute approximate surface area is 179 Å². The van der Waals surface area contributed by atoms with Crippen LogP contribution in [0.3, 0.4) is 0 Å². The van der Waals surface area contributed by atoms with Crippen LogP contribution in [0.2, 0.25) is 5.02 Å². The number of hydrogen-bond donors (Lipinski definition) is 2. The van der Waals surface area contributed by atoms with E-state index in [4.69, 9.17) is 21.1 Å². The van der Waals surface area contributed by atoms with Gasteiger partial charge in [0.15, 0.2) is 0 Å². The second kappa shape index (κ2) is 7.83. The van der Waals surface area contributed by atoms with Gasteiger partial charge < -0.3 is 24.8 Å². The van der Waals surface area contributed by atoms with Gasteiger partial charge in [-0.2, -0.15) is 0 Å². The summed E-state index contributed by atoms with van der Waals surface area (Å²) in [6.07, 6.45) is 0.604. The second-order valence-corrected chi connectivity index (χ2v) is 8.52. The zero-order valence-corrected chi connectivity index (χ0v) is 17.6. The van der Waals surface area contributed by atoms with E-state index in [1.165, 1.54) is 4.90 Å². The van der Waals surface area contributed by atoms with Gasteiger partial charge in [0.2, 0.25) is 11.8 Å². The van der Waals surface area contributed by atoms with E-state index in [9.17, 15) is 19.5 Å². The predicted octanol–water partition coefficient (Wildman–Crippen LogP) is 1.60. The molecular weight excluding hydrogens is 412 g/mol. The second-order valence-electron chi connectivity index (χ2n) is 8.08. The average Bonchev–Trinajstić information content (AvgIpc) is 3.36. The van der Waals surface area contributed by atoms with Crippen LogP contribution in [0.1, 0.15) is 26.7 Å². The van der Waals surface area contributed by atoms with Gasteiger partial charge in [0, 0.05) is 10.7 Å². The van der Waals surface area contributed by atoms with Crippen molar-refractivity contribution in [3.05, 3.63) is 29.3 Å². The van der Waals surface area contributed by atoms with Crippen molar-refractivity contribution in [3.8, 4) is 0 Å². The van der Waals surface area contributed by atoms with Gasteiger partial charge in [-0.15, -0.1) is 0 Å². The van der Waals surface area contributed by atoms with Gasteiger partial charge in [0.25, 0.3) is 0 Å². The number of likely N-dealkylation sites (tertiary alicyclic amines) is 1. The van der Waals surface area contributed by atoms with Gasteiger partial charge in [0.05, 0.1) is 37.2 Å². The largest absolute Gasteiger partial charge is 0.466 e. The van der Waals surface area contributed by atoms with Crippen molar-refractivity contribution in [1.82, 2.24) is 4.90 Å². The van der Waals surface area contributed by atoms with Gasteiger partial charge in [0.1, 0.15) is 11.6 Å². The standard InChI is InChI=1S/C21H25ClN2O6/c1-3-29-20(28)15-14-8-9-21(30-14)16(15)19(27)24(11(2)10-25)17(21)18(26)23-13-6-4-12(22)5-7-13/h4-7,11,14-17,25H,3,8-10H2,1-2H3,(H,23,26)/t11-,14+,15-,16+,17?,21?/m1/s1. The van der Waals surface area contributed by atoms with E-state index in [0.717, 1.165) is 0 Å². The van der Waals surface area contributed by atoms with Crippen LogP contribution < -0.4 is 5.32 Å². The molecule has 1 aromatic carbocycles. The summed E-state index contributed by atoms with van der Waals surface area (Å²) in [5.41, 5.74) is -0.582. The first-order chi connectivity index (χ1) is 14.3. The van der Waals surface area contributed by atoms with E-state index in [-0.39, 0.29) is 19.1 Å². The summed E-state index contributed by atoms with van der Waals surface area (Å²) in [6.45, 7) is 3.27. The Bertz CT molecular complexity index is 862. The Morgan fingerprint density at radius 1 is 1.40 bits per heavy atom. The Morgan fingerprint density at radius 3 is 2.73 bits per heavy atom. The number of aliphatic hydroxyl groups excluding tert-OH is 1. The molecule has 3 heterocycles. The zero-order chi connectivity index (χ0) is 21.6. The lowest BCUT2D eigenvalue weighted by molar-refractivity contribution is -0.155. The van der Waals surface area contributed by atoms with Crippen molar-refractivity contribution < 1.29 is 29.0 Å². The maximum atomic E-state index is 13.4. The molecule has 0 aromatic heterocycles. The Kier molecular flexibility index (Phi) is 5.50. The molecule has 6 atom stereocenters. The summed E-state index contributed by atoms with van der Waals surface area (Å²) >= 11 is 5.92. The molecule has 30 heavy (non-hydrogen) atoms. The lowest BCUT2D eigenvalue weighted by Gasteiger charge is -2.35. The Morgan fingerprint density at radius 2 is 2.10 bits per heavy atom. The average molecular weight is 437 g/mol. The van der Waals surface area contributed by atoms with Crippen LogP contribution in [0.5, 0.6) is 0 Å². The summed E-state index contributed by atoms with van der Waals surface area (Å²) in [5.74, 6) is -2.79. The van der Waals surface area contributed by atoms with E-state index in [1.54, 1.807) is 38.1 Å². The van der Waals surface area contributed by atoms with Gasteiger partial charge in [-0.1, -0.05) is 11.6 Å². The monoisotopic (exact) mass is 436 g/mol. The summed E-state index contributed by atoms with van der Waals surface area (Å²) in [6, 6.07) is 5.07. The number of nitrogens with one attached hydrogen (secondary N) is 1. The minimum absolute atomic E-state index is 0.202. The fourth-order valence-corrected chi connectivity index (χ4v) is 5.33. The van der Waals surface area contributed by atoms with Crippen molar-refractivity contribution in [2.24, 2.45) is 11.8 Å². The Balaban J connectivity index is 1.70. The molecule has 0 radical (unpaired) electrons. The summed E-state index contributed by atoms with van der Waals surface area (Å²) in [4.78, 5) is 40.8. The predicted molar refractivity (Wildman–Crippen MR) is 108 cm³/mol. The molecule has 2 unspecified atom stereocenters. The van der Waals surface area contributed by atoms with Crippen LogP contribution in [0.4, 0.5) is 5.69 Å². The van der Waals surface area contributed by atoms with Gasteiger partial charge in [-0.05, 0) is 51.0 Å². The number of anilines is 1. The summed E-state index contributed by atoms with van der Waals surface area (Å²) in [5, 5.41) is 13.1. The minimum atomic E-state index is -1.11. The number of carbonyl (C=O) groups is 3.